The number of amides is 1. The molecule has 2 aromatic carbocycles. The number of fused-ring (bicyclic) bond motifs is 1. The Labute approximate surface area is 138 Å². The second-order valence-electron chi connectivity index (χ2n) is 5.34. The quantitative estimate of drug-likeness (QED) is 0.687. The third kappa shape index (κ3) is 2.45. The molecule has 0 fully saturated rings. The van der Waals surface area contributed by atoms with E-state index in [9.17, 15) is 4.79 Å². The van der Waals surface area contributed by atoms with Crippen molar-refractivity contribution in [2.75, 3.05) is 5.32 Å². The molecule has 1 amide bonds. The lowest BCUT2D eigenvalue weighted by Gasteiger charge is -2.07. The summed E-state index contributed by atoms with van der Waals surface area (Å²) in [5.41, 5.74) is 4.40. The monoisotopic (exact) mass is 320 g/mol. The highest BCUT2D eigenvalue weighted by atomic mass is 35.5. The van der Waals surface area contributed by atoms with Gasteiger partial charge in [-0.2, -0.15) is 0 Å². The number of rotatable bonds is 2. The smallest absolute Gasteiger partial charge is 0.256 e. The van der Waals surface area contributed by atoms with E-state index in [4.69, 9.17) is 11.6 Å². The Morgan fingerprint density at radius 3 is 2.57 bits per heavy atom. The molecule has 0 bridgehead atoms. The summed E-state index contributed by atoms with van der Waals surface area (Å²) in [6, 6.07) is 19.3. The molecule has 0 aliphatic carbocycles. The van der Waals surface area contributed by atoms with Gasteiger partial charge in [-0.05, 0) is 48.5 Å². The highest BCUT2D eigenvalue weighted by Gasteiger charge is 2.23. The van der Waals surface area contributed by atoms with Crippen molar-refractivity contribution in [3.8, 4) is 5.69 Å². The second-order valence-corrected chi connectivity index (χ2v) is 5.77. The molecule has 4 heteroatoms. The Bertz CT molecular complexity index is 923. The molecular weight excluding hydrogens is 308 g/mol. The van der Waals surface area contributed by atoms with E-state index < -0.39 is 0 Å². The van der Waals surface area contributed by atoms with Crippen molar-refractivity contribution in [1.29, 1.82) is 0 Å². The van der Waals surface area contributed by atoms with E-state index in [1.54, 1.807) is 0 Å². The van der Waals surface area contributed by atoms with Gasteiger partial charge in [0.25, 0.3) is 5.91 Å². The van der Waals surface area contributed by atoms with Crippen LogP contribution in [-0.4, -0.2) is 10.5 Å². The van der Waals surface area contributed by atoms with Crippen LogP contribution >= 0.6 is 11.6 Å². The molecule has 112 valence electrons. The van der Waals surface area contributed by atoms with Gasteiger partial charge < -0.3 is 9.88 Å². The molecule has 0 atom stereocenters. The minimum absolute atomic E-state index is 0.0740. The first kappa shape index (κ1) is 13.9. The Hall–Kier alpha value is -2.78. The fraction of sp³-hybridized carbons (Fsp3) is 0. The summed E-state index contributed by atoms with van der Waals surface area (Å²) >= 11 is 5.95. The fourth-order valence-corrected chi connectivity index (χ4v) is 2.90. The number of aromatic nitrogens is 1. The SMILES string of the molecule is O=C1Nc2ccccc2C1=Cc1cccn1-c1ccc(Cl)cc1. The zero-order valence-corrected chi connectivity index (χ0v) is 12.9. The fourth-order valence-electron chi connectivity index (χ4n) is 2.78. The van der Waals surface area contributed by atoms with E-state index in [1.165, 1.54) is 0 Å². The van der Waals surface area contributed by atoms with E-state index >= 15 is 0 Å². The molecule has 0 radical (unpaired) electrons. The lowest BCUT2D eigenvalue weighted by atomic mass is 10.1. The van der Waals surface area contributed by atoms with Gasteiger partial charge in [-0.3, -0.25) is 4.79 Å². The number of para-hydroxylation sites is 1. The normalized spacial score (nSPS) is 14.8. The average molecular weight is 321 g/mol. The number of carbonyl (C=O) groups is 1. The van der Waals surface area contributed by atoms with Crippen molar-refractivity contribution >= 4 is 34.8 Å². The first-order valence-electron chi connectivity index (χ1n) is 7.28. The number of nitrogens with one attached hydrogen (secondary N) is 1. The van der Waals surface area contributed by atoms with Crippen molar-refractivity contribution in [2.24, 2.45) is 0 Å². The zero-order chi connectivity index (χ0) is 15.8. The van der Waals surface area contributed by atoms with Gasteiger partial charge >= 0.3 is 0 Å². The summed E-state index contributed by atoms with van der Waals surface area (Å²) in [4.78, 5) is 12.2. The first-order chi connectivity index (χ1) is 11.2. The van der Waals surface area contributed by atoms with Crippen LogP contribution in [0.5, 0.6) is 0 Å². The largest absolute Gasteiger partial charge is 0.321 e. The molecule has 0 saturated heterocycles. The lowest BCUT2D eigenvalue weighted by Crippen LogP contribution is -2.04. The Balaban J connectivity index is 1.80. The third-order valence-corrected chi connectivity index (χ3v) is 4.14. The molecule has 0 unspecified atom stereocenters. The molecule has 1 aliphatic heterocycles. The molecule has 1 N–H and O–H groups in total. The number of hydrogen-bond donors (Lipinski definition) is 1. The van der Waals surface area contributed by atoms with Crippen molar-refractivity contribution in [3.05, 3.63) is 83.1 Å². The van der Waals surface area contributed by atoms with Crippen LogP contribution < -0.4 is 5.32 Å². The predicted molar refractivity (Wildman–Crippen MR) is 93.7 cm³/mol. The standard InChI is InChI=1S/C19H13ClN2O/c20-13-7-9-14(10-8-13)22-11-3-4-15(22)12-17-16-5-1-2-6-18(16)21-19(17)23/h1-12H,(H,21,23). The van der Waals surface area contributed by atoms with Crippen molar-refractivity contribution in [1.82, 2.24) is 4.57 Å². The summed E-state index contributed by atoms with van der Waals surface area (Å²) in [5, 5.41) is 3.59. The molecule has 3 aromatic rings. The molecule has 4 rings (SSSR count). The van der Waals surface area contributed by atoms with Crippen LogP contribution in [0, 0.1) is 0 Å². The zero-order valence-electron chi connectivity index (χ0n) is 12.2. The minimum Gasteiger partial charge on any atom is -0.321 e. The maximum Gasteiger partial charge on any atom is 0.256 e. The summed E-state index contributed by atoms with van der Waals surface area (Å²) in [5.74, 6) is -0.0740. The van der Waals surface area contributed by atoms with E-state index in [2.05, 4.69) is 5.32 Å². The Morgan fingerprint density at radius 1 is 0.957 bits per heavy atom. The van der Waals surface area contributed by atoms with Gasteiger partial charge in [-0.1, -0.05) is 29.8 Å². The number of anilines is 1. The molecule has 1 aliphatic rings. The lowest BCUT2D eigenvalue weighted by molar-refractivity contribution is -0.110. The molecule has 0 saturated carbocycles. The highest BCUT2D eigenvalue weighted by Crippen LogP contribution is 2.33. The maximum atomic E-state index is 12.2. The van der Waals surface area contributed by atoms with Gasteiger partial charge in [0.15, 0.2) is 0 Å². The minimum atomic E-state index is -0.0740. The van der Waals surface area contributed by atoms with Crippen molar-refractivity contribution < 1.29 is 4.79 Å². The van der Waals surface area contributed by atoms with Gasteiger partial charge in [-0.25, -0.2) is 0 Å². The Kier molecular flexibility index (Phi) is 3.28. The van der Waals surface area contributed by atoms with Gasteiger partial charge in [0.05, 0.1) is 5.57 Å². The van der Waals surface area contributed by atoms with Crippen LogP contribution in [-0.2, 0) is 4.79 Å². The van der Waals surface area contributed by atoms with Gasteiger partial charge in [0.2, 0.25) is 0 Å². The van der Waals surface area contributed by atoms with Crippen molar-refractivity contribution in [2.45, 2.75) is 0 Å². The van der Waals surface area contributed by atoms with E-state index in [-0.39, 0.29) is 5.91 Å². The summed E-state index contributed by atoms with van der Waals surface area (Å²) in [6.45, 7) is 0. The molecule has 23 heavy (non-hydrogen) atoms. The van der Waals surface area contributed by atoms with Crippen LogP contribution in [0.15, 0.2) is 66.9 Å². The topological polar surface area (TPSA) is 34.0 Å². The van der Waals surface area contributed by atoms with E-state index in [0.29, 0.717) is 10.6 Å². The number of benzene rings is 2. The molecule has 2 heterocycles. The summed E-state index contributed by atoms with van der Waals surface area (Å²) < 4.78 is 2.03. The predicted octanol–water partition coefficient (Wildman–Crippen LogP) is 4.62. The highest BCUT2D eigenvalue weighted by molar-refractivity contribution is 6.34. The molecule has 1 aromatic heterocycles. The number of carbonyl (C=O) groups excluding carboxylic acids is 1. The van der Waals surface area contributed by atoms with Crippen LogP contribution in [0.4, 0.5) is 5.69 Å². The molecule has 0 spiro atoms. The van der Waals surface area contributed by atoms with Crippen LogP contribution in [0.3, 0.4) is 0 Å². The summed E-state index contributed by atoms with van der Waals surface area (Å²) in [6.07, 6.45) is 3.88. The number of nitrogens with zero attached hydrogens (tertiary/aromatic N) is 1. The van der Waals surface area contributed by atoms with Gasteiger partial charge in [0.1, 0.15) is 0 Å². The van der Waals surface area contributed by atoms with E-state index in [0.717, 1.165) is 22.6 Å². The third-order valence-electron chi connectivity index (χ3n) is 3.89. The van der Waals surface area contributed by atoms with Gasteiger partial charge in [-0.15, -0.1) is 0 Å². The Morgan fingerprint density at radius 2 is 1.74 bits per heavy atom. The molecule has 3 nitrogen and oxygen atoms in total. The summed E-state index contributed by atoms with van der Waals surface area (Å²) in [7, 11) is 0. The van der Waals surface area contributed by atoms with Crippen LogP contribution in [0.25, 0.3) is 17.3 Å². The second kappa shape index (κ2) is 5.45. The van der Waals surface area contributed by atoms with Gasteiger partial charge in [0, 0.05) is 33.9 Å². The first-order valence-corrected chi connectivity index (χ1v) is 7.66. The maximum absolute atomic E-state index is 12.2. The van der Waals surface area contributed by atoms with Crippen molar-refractivity contribution in [3.63, 3.8) is 0 Å². The van der Waals surface area contributed by atoms with E-state index in [1.807, 2.05) is 77.5 Å². The van der Waals surface area contributed by atoms with Crippen LogP contribution in [0.1, 0.15) is 11.3 Å². The number of hydrogen-bond acceptors (Lipinski definition) is 1. The average Bonchev–Trinajstić information content (AvgIpc) is 3.14. The van der Waals surface area contributed by atoms with Crippen LogP contribution in [0.2, 0.25) is 5.02 Å². The number of halogens is 1. The molecular formula is C19H13ClN2O.